The second-order valence-corrected chi connectivity index (χ2v) is 4.60. The minimum Gasteiger partial charge on any atom is -0.404 e. The van der Waals surface area contributed by atoms with Crippen molar-refractivity contribution >= 4 is 5.82 Å². The molecule has 2 unspecified atom stereocenters. The van der Waals surface area contributed by atoms with Crippen LogP contribution < -0.4 is 9.64 Å². The highest BCUT2D eigenvalue weighted by molar-refractivity contribution is 5.43. The van der Waals surface area contributed by atoms with Crippen LogP contribution in [0.5, 0.6) is 5.75 Å². The summed E-state index contributed by atoms with van der Waals surface area (Å²) < 4.78 is 39.8. The molecule has 0 amide bonds. The largest absolute Gasteiger partial charge is 0.573 e. The highest BCUT2D eigenvalue weighted by Crippen LogP contribution is 2.29. The highest BCUT2D eigenvalue weighted by atomic mass is 19.4. The van der Waals surface area contributed by atoms with Crippen molar-refractivity contribution in [3.63, 3.8) is 0 Å². The summed E-state index contributed by atoms with van der Waals surface area (Å²) in [4.78, 5) is 6.13. The Morgan fingerprint density at radius 3 is 2.50 bits per heavy atom. The third kappa shape index (κ3) is 2.86. The first kappa shape index (κ1) is 13.0. The average Bonchev–Trinajstić information content (AvgIpc) is 2.59. The van der Waals surface area contributed by atoms with Crippen LogP contribution in [0.1, 0.15) is 20.3 Å². The molecule has 1 saturated heterocycles. The van der Waals surface area contributed by atoms with Gasteiger partial charge >= 0.3 is 6.36 Å². The first-order chi connectivity index (χ1) is 8.37. The van der Waals surface area contributed by atoms with Crippen LogP contribution in [-0.4, -0.2) is 23.9 Å². The van der Waals surface area contributed by atoms with Crippen LogP contribution in [0.3, 0.4) is 0 Å². The summed E-state index contributed by atoms with van der Waals surface area (Å²) in [6.07, 6.45) is -2.49. The Hall–Kier alpha value is -1.46. The first-order valence-corrected chi connectivity index (χ1v) is 5.85. The standard InChI is InChI=1S/C12H15F3N2O/c1-8-5-6-17(9(8)2)11-4-3-10(7-16-11)18-12(13,14)15/h3-4,7-9H,5-6H2,1-2H3. The summed E-state index contributed by atoms with van der Waals surface area (Å²) in [6, 6.07) is 3.22. The molecular formula is C12H15F3N2O. The van der Waals surface area contributed by atoms with Gasteiger partial charge in [-0.05, 0) is 31.4 Å². The minimum atomic E-state index is -4.67. The topological polar surface area (TPSA) is 25.4 Å². The summed E-state index contributed by atoms with van der Waals surface area (Å²) in [6.45, 7) is 5.14. The van der Waals surface area contributed by atoms with Crippen molar-refractivity contribution < 1.29 is 17.9 Å². The highest BCUT2D eigenvalue weighted by Gasteiger charge is 2.32. The molecule has 2 heterocycles. The van der Waals surface area contributed by atoms with Crippen molar-refractivity contribution in [1.29, 1.82) is 0 Å². The van der Waals surface area contributed by atoms with Crippen molar-refractivity contribution in [3.8, 4) is 5.75 Å². The van der Waals surface area contributed by atoms with E-state index in [0.29, 0.717) is 17.8 Å². The molecule has 0 aromatic carbocycles. The van der Waals surface area contributed by atoms with Gasteiger partial charge in [0.05, 0.1) is 6.20 Å². The number of nitrogens with zero attached hydrogens (tertiary/aromatic N) is 2. The molecule has 1 fully saturated rings. The van der Waals surface area contributed by atoms with E-state index in [1.807, 2.05) is 0 Å². The zero-order valence-corrected chi connectivity index (χ0v) is 10.2. The lowest BCUT2D eigenvalue weighted by Crippen LogP contribution is -2.29. The predicted octanol–water partition coefficient (Wildman–Crippen LogP) is 3.21. The van der Waals surface area contributed by atoms with E-state index >= 15 is 0 Å². The maximum atomic E-state index is 12.0. The van der Waals surface area contributed by atoms with Gasteiger partial charge < -0.3 is 9.64 Å². The molecule has 1 aliphatic heterocycles. The van der Waals surface area contributed by atoms with Crippen LogP contribution in [0.25, 0.3) is 0 Å². The average molecular weight is 260 g/mol. The lowest BCUT2D eigenvalue weighted by Gasteiger charge is -2.24. The van der Waals surface area contributed by atoms with Crippen LogP contribution in [0.4, 0.5) is 19.0 Å². The van der Waals surface area contributed by atoms with Gasteiger partial charge in [-0.3, -0.25) is 0 Å². The van der Waals surface area contributed by atoms with Gasteiger partial charge in [-0.15, -0.1) is 13.2 Å². The number of halogens is 3. The lowest BCUT2D eigenvalue weighted by molar-refractivity contribution is -0.274. The zero-order chi connectivity index (χ0) is 13.3. The van der Waals surface area contributed by atoms with Crippen molar-refractivity contribution in [2.45, 2.75) is 32.7 Å². The number of rotatable bonds is 2. The Morgan fingerprint density at radius 1 is 1.33 bits per heavy atom. The molecule has 1 aliphatic rings. The molecule has 6 heteroatoms. The molecule has 18 heavy (non-hydrogen) atoms. The Kier molecular flexibility index (Phi) is 3.36. The van der Waals surface area contributed by atoms with Crippen LogP contribution in [0.2, 0.25) is 0 Å². The number of hydrogen-bond donors (Lipinski definition) is 0. The maximum absolute atomic E-state index is 12.0. The van der Waals surface area contributed by atoms with Crippen LogP contribution in [-0.2, 0) is 0 Å². The smallest absolute Gasteiger partial charge is 0.404 e. The number of anilines is 1. The molecule has 0 spiro atoms. The number of ether oxygens (including phenoxy) is 1. The molecule has 1 aromatic heterocycles. The van der Waals surface area contributed by atoms with Gasteiger partial charge in [0.15, 0.2) is 0 Å². The Bertz CT molecular complexity index is 405. The number of aromatic nitrogens is 1. The second kappa shape index (κ2) is 4.66. The van der Waals surface area contributed by atoms with Crippen LogP contribution >= 0.6 is 0 Å². The molecule has 0 aliphatic carbocycles. The number of alkyl halides is 3. The van der Waals surface area contributed by atoms with Gasteiger partial charge in [0.1, 0.15) is 11.6 Å². The van der Waals surface area contributed by atoms with E-state index in [-0.39, 0.29) is 5.75 Å². The fraction of sp³-hybridized carbons (Fsp3) is 0.583. The monoisotopic (exact) mass is 260 g/mol. The molecule has 0 bridgehead atoms. The molecule has 0 N–H and O–H groups in total. The predicted molar refractivity (Wildman–Crippen MR) is 61.5 cm³/mol. The zero-order valence-electron chi connectivity index (χ0n) is 10.2. The van der Waals surface area contributed by atoms with Crippen LogP contribution in [0.15, 0.2) is 18.3 Å². The van der Waals surface area contributed by atoms with E-state index in [0.717, 1.165) is 19.2 Å². The van der Waals surface area contributed by atoms with Gasteiger partial charge in [0.2, 0.25) is 0 Å². The van der Waals surface area contributed by atoms with E-state index in [1.54, 1.807) is 6.07 Å². The third-order valence-electron chi connectivity index (χ3n) is 3.39. The van der Waals surface area contributed by atoms with E-state index in [4.69, 9.17) is 0 Å². The number of hydrogen-bond acceptors (Lipinski definition) is 3. The molecule has 0 saturated carbocycles. The second-order valence-electron chi connectivity index (χ2n) is 4.60. The van der Waals surface area contributed by atoms with E-state index in [1.165, 1.54) is 6.07 Å². The van der Waals surface area contributed by atoms with Gasteiger partial charge in [0, 0.05) is 12.6 Å². The molecule has 100 valence electrons. The third-order valence-corrected chi connectivity index (χ3v) is 3.39. The fourth-order valence-corrected chi connectivity index (χ4v) is 2.15. The molecule has 2 atom stereocenters. The van der Waals surface area contributed by atoms with Gasteiger partial charge in [-0.25, -0.2) is 4.98 Å². The Balaban J connectivity index is 2.08. The van der Waals surface area contributed by atoms with E-state index in [2.05, 4.69) is 28.5 Å². The van der Waals surface area contributed by atoms with E-state index < -0.39 is 6.36 Å². The summed E-state index contributed by atoms with van der Waals surface area (Å²) in [7, 11) is 0. The Morgan fingerprint density at radius 2 is 2.06 bits per heavy atom. The SMILES string of the molecule is CC1CCN(c2ccc(OC(F)(F)F)cn2)C1C. The summed E-state index contributed by atoms with van der Waals surface area (Å²) in [5.74, 6) is 0.977. The summed E-state index contributed by atoms with van der Waals surface area (Å²) in [5.41, 5.74) is 0. The molecule has 3 nitrogen and oxygen atoms in total. The maximum Gasteiger partial charge on any atom is 0.573 e. The van der Waals surface area contributed by atoms with Crippen molar-refractivity contribution in [1.82, 2.24) is 4.98 Å². The molecule has 2 rings (SSSR count). The lowest BCUT2D eigenvalue weighted by atomic mass is 10.1. The van der Waals surface area contributed by atoms with Gasteiger partial charge in [0.25, 0.3) is 0 Å². The van der Waals surface area contributed by atoms with Gasteiger partial charge in [-0.2, -0.15) is 0 Å². The number of pyridine rings is 1. The first-order valence-electron chi connectivity index (χ1n) is 5.85. The molecular weight excluding hydrogens is 245 g/mol. The Labute approximate surface area is 104 Å². The van der Waals surface area contributed by atoms with Crippen molar-refractivity contribution in [3.05, 3.63) is 18.3 Å². The van der Waals surface area contributed by atoms with Crippen molar-refractivity contribution in [2.24, 2.45) is 5.92 Å². The minimum absolute atomic E-state index is 0.286. The fourth-order valence-electron chi connectivity index (χ4n) is 2.15. The normalized spacial score (nSPS) is 24.4. The molecule has 1 aromatic rings. The van der Waals surface area contributed by atoms with Crippen LogP contribution in [0, 0.1) is 5.92 Å². The summed E-state index contributed by atoms with van der Waals surface area (Å²) >= 11 is 0. The van der Waals surface area contributed by atoms with Crippen molar-refractivity contribution in [2.75, 3.05) is 11.4 Å². The van der Waals surface area contributed by atoms with E-state index in [9.17, 15) is 13.2 Å². The quantitative estimate of drug-likeness (QED) is 0.816. The van der Waals surface area contributed by atoms with Gasteiger partial charge in [-0.1, -0.05) is 6.92 Å². The summed E-state index contributed by atoms with van der Waals surface area (Å²) in [5, 5.41) is 0. The molecule has 0 radical (unpaired) electrons.